The molecule has 0 radical (unpaired) electrons. The number of hydrogen-bond donors (Lipinski definition) is 1. The average molecular weight is 325 g/mol. The second kappa shape index (κ2) is 6.69. The fourth-order valence-corrected chi connectivity index (χ4v) is 2.97. The van der Waals surface area contributed by atoms with Crippen molar-refractivity contribution in [1.29, 1.82) is 0 Å². The lowest BCUT2D eigenvalue weighted by Crippen LogP contribution is -2.06. The van der Waals surface area contributed by atoms with Crippen LogP contribution in [0, 0.1) is 13.8 Å². The van der Waals surface area contributed by atoms with Crippen LogP contribution in [0.25, 0.3) is 0 Å². The summed E-state index contributed by atoms with van der Waals surface area (Å²) in [6.07, 6.45) is -0.280. The summed E-state index contributed by atoms with van der Waals surface area (Å²) in [6, 6.07) is 9.23. The zero-order chi connectivity index (χ0) is 15.6. The summed E-state index contributed by atoms with van der Waals surface area (Å²) >= 11 is 12.3. The van der Waals surface area contributed by atoms with Crippen LogP contribution in [0.5, 0.6) is 5.75 Å². The van der Waals surface area contributed by atoms with Crippen molar-refractivity contribution in [3.05, 3.63) is 62.6 Å². The highest BCUT2D eigenvalue weighted by Gasteiger charge is 2.17. The Bertz CT molecular complexity index is 633. The third-order valence-electron chi connectivity index (χ3n) is 3.60. The van der Waals surface area contributed by atoms with Crippen molar-refractivity contribution in [1.82, 2.24) is 0 Å². The number of rotatable bonds is 4. The normalized spacial score (nSPS) is 12.3. The fraction of sp³-hybridized carbons (Fsp3) is 0.294. The molecule has 0 saturated carbocycles. The van der Waals surface area contributed by atoms with Gasteiger partial charge in [-0.2, -0.15) is 0 Å². The number of methoxy groups -OCH3 is 1. The van der Waals surface area contributed by atoms with Crippen molar-refractivity contribution >= 4 is 23.2 Å². The van der Waals surface area contributed by atoms with Crippen molar-refractivity contribution in [3.8, 4) is 5.75 Å². The molecule has 2 aromatic carbocycles. The average Bonchev–Trinajstić information content (AvgIpc) is 2.44. The molecule has 2 rings (SSSR count). The first-order valence-corrected chi connectivity index (χ1v) is 7.45. The first-order chi connectivity index (χ1) is 9.93. The molecule has 0 aliphatic rings. The molecule has 0 amide bonds. The maximum atomic E-state index is 10.5. The molecule has 0 aromatic heterocycles. The minimum Gasteiger partial charge on any atom is -0.496 e. The minimum atomic E-state index is -0.660. The molecule has 0 heterocycles. The van der Waals surface area contributed by atoms with Gasteiger partial charge in [0, 0.05) is 16.5 Å². The molecule has 1 N–H and O–H groups in total. The Balaban J connectivity index is 2.33. The number of halogens is 2. The Labute approximate surface area is 135 Å². The van der Waals surface area contributed by atoms with Gasteiger partial charge < -0.3 is 9.84 Å². The summed E-state index contributed by atoms with van der Waals surface area (Å²) in [5.41, 5.74) is 3.60. The summed E-state index contributed by atoms with van der Waals surface area (Å²) in [6.45, 7) is 3.91. The van der Waals surface area contributed by atoms with Crippen LogP contribution in [0.4, 0.5) is 0 Å². The fourth-order valence-electron chi connectivity index (χ4n) is 2.42. The van der Waals surface area contributed by atoms with Gasteiger partial charge in [-0.15, -0.1) is 0 Å². The van der Waals surface area contributed by atoms with Crippen molar-refractivity contribution in [2.45, 2.75) is 26.4 Å². The zero-order valence-electron chi connectivity index (χ0n) is 12.3. The molecule has 0 bridgehead atoms. The van der Waals surface area contributed by atoms with Gasteiger partial charge in [0.2, 0.25) is 0 Å². The van der Waals surface area contributed by atoms with Crippen molar-refractivity contribution in [2.75, 3.05) is 7.11 Å². The SMILES string of the molecule is COc1cc(C)c(C(O)Cc2c(Cl)cccc2Cl)cc1C. The number of aliphatic hydroxyl groups is 1. The van der Waals surface area contributed by atoms with Gasteiger partial charge in [0.1, 0.15) is 5.75 Å². The summed E-state index contributed by atoms with van der Waals surface area (Å²) in [5.74, 6) is 0.819. The van der Waals surface area contributed by atoms with Gasteiger partial charge in [-0.25, -0.2) is 0 Å². The molecule has 4 heteroatoms. The molecule has 21 heavy (non-hydrogen) atoms. The van der Waals surface area contributed by atoms with Gasteiger partial charge >= 0.3 is 0 Å². The van der Waals surface area contributed by atoms with Gasteiger partial charge in [0.05, 0.1) is 13.2 Å². The lowest BCUT2D eigenvalue weighted by Gasteiger charge is -2.18. The number of aliphatic hydroxyl groups excluding tert-OH is 1. The Kier molecular flexibility index (Phi) is 5.15. The highest BCUT2D eigenvalue weighted by molar-refractivity contribution is 6.36. The molecule has 0 fully saturated rings. The third-order valence-corrected chi connectivity index (χ3v) is 4.31. The van der Waals surface area contributed by atoms with Crippen LogP contribution >= 0.6 is 23.2 Å². The van der Waals surface area contributed by atoms with Crippen molar-refractivity contribution < 1.29 is 9.84 Å². The molecule has 0 saturated heterocycles. The van der Waals surface area contributed by atoms with Crippen LogP contribution in [-0.4, -0.2) is 12.2 Å². The predicted molar refractivity (Wildman–Crippen MR) is 87.6 cm³/mol. The molecule has 112 valence electrons. The summed E-state index contributed by atoms with van der Waals surface area (Å²) in [5, 5.41) is 11.7. The van der Waals surface area contributed by atoms with Gasteiger partial charge in [0.25, 0.3) is 0 Å². The van der Waals surface area contributed by atoms with E-state index in [1.54, 1.807) is 25.3 Å². The van der Waals surface area contributed by atoms with Crippen LogP contribution in [0.3, 0.4) is 0 Å². The number of benzene rings is 2. The van der Waals surface area contributed by atoms with Crippen LogP contribution in [-0.2, 0) is 6.42 Å². The standard InChI is InChI=1S/C17H18Cl2O2/c1-10-8-17(21-3)11(2)7-12(10)16(20)9-13-14(18)5-4-6-15(13)19/h4-8,16,20H,9H2,1-3H3. The van der Waals surface area contributed by atoms with Crippen LogP contribution < -0.4 is 4.74 Å². The van der Waals surface area contributed by atoms with E-state index in [1.807, 2.05) is 26.0 Å². The van der Waals surface area contributed by atoms with Crippen molar-refractivity contribution in [2.24, 2.45) is 0 Å². The van der Waals surface area contributed by atoms with Crippen molar-refractivity contribution in [3.63, 3.8) is 0 Å². The topological polar surface area (TPSA) is 29.5 Å². The molecular formula is C17H18Cl2O2. The predicted octanol–water partition coefficient (Wildman–Crippen LogP) is 4.89. The second-order valence-corrected chi connectivity index (χ2v) is 5.91. The molecule has 0 aliphatic heterocycles. The van der Waals surface area contributed by atoms with E-state index < -0.39 is 6.10 Å². The monoisotopic (exact) mass is 324 g/mol. The first kappa shape index (κ1) is 16.2. The van der Waals surface area contributed by atoms with E-state index in [0.29, 0.717) is 16.5 Å². The van der Waals surface area contributed by atoms with Gasteiger partial charge in [-0.3, -0.25) is 0 Å². The number of aryl methyl sites for hydroxylation is 2. The van der Waals surface area contributed by atoms with Crippen LogP contribution in [0.1, 0.15) is 28.4 Å². The van der Waals surface area contributed by atoms with Gasteiger partial charge in [0.15, 0.2) is 0 Å². The van der Waals surface area contributed by atoms with E-state index in [9.17, 15) is 5.11 Å². The molecule has 2 nitrogen and oxygen atoms in total. The smallest absolute Gasteiger partial charge is 0.122 e. The maximum Gasteiger partial charge on any atom is 0.122 e. The molecule has 2 aromatic rings. The van der Waals surface area contributed by atoms with E-state index in [1.165, 1.54) is 0 Å². The molecule has 1 unspecified atom stereocenters. The Morgan fingerprint density at radius 3 is 2.29 bits per heavy atom. The molecule has 1 atom stereocenters. The maximum absolute atomic E-state index is 10.5. The molecule has 0 spiro atoms. The van der Waals surface area contributed by atoms with Gasteiger partial charge in [-0.05, 0) is 60.4 Å². The summed E-state index contributed by atoms with van der Waals surface area (Å²) in [4.78, 5) is 0. The second-order valence-electron chi connectivity index (χ2n) is 5.10. The molecule has 0 aliphatic carbocycles. The van der Waals surface area contributed by atoms with Crippen LogP contribution in [0.2, 0.25) is 10.0 Å². The Hall–Kier alpha value is -1.22. The Morgan fingerprint density at radius 2 is 1.71 bits per heavy atom. The first-order valence-electron chi connectivity index (χ1n) is 6.70. The number of ether oxygens (including phenoxy) is 1. The largest absolute Gasteiger partial charge is 0.496 e. The summed E-state index contributed by atoms with van der Waals surface area (Å²) < 4.78 is 5.29. The van der Waals surface area contributed by atoms with E-state index in [0.717, 1.165) is 28.0 Å². The lowest BCUT2D eigenvalue weighted by atomic mass is 9.95. The highest BCUT2D eigenvalue weighted by Crippen LogP contribution is 2.32. The third kappa shape index (κ3) is 3.52. The van der Waals surface area contributed by atoms with E-state index in [-0.39, 0.29) is 0 Å². The van der Waals surface area contributed by atoms with Gasteiger partial charge in [-0.1, -0.05) is 29.3 Å². The number of hydrogen-bond acceptors (Lipinski definition) is 2. The van der Waals surface area contributed by atoms with E-state index >= 15 is 0 Å². The molecular weight excluding hydrogens is 307 g/mol. The zero-order valence-corrected chi connectivity index (χ0v) is 13.8. The summed E-state index contributed by atoms with van der Waals surface area (Å²) in [7, 11) is 1.64. The lowest BCUT2D eigenvalue weighted by molar-refractivity contribution is 0.177. The highest BCUT2D eigenvalue weighted by atomic mass is 35.5. The van der Waals surface area contributed by atoms with E-state index in [4.69, 9.17) is 27.9 Å². The van der Waals surface area contributed by atoms with Crippen LogP contribution in [0.15, 0.2) is 30.3 Å². The quantitative estimate of drug-likeness (QED) is 0.867. The minimum absolute atomic E-state index is 0.380. The van der Waals surface area contributed by atoms with E-state index in [2.05, 4.69) is 0 Å². The Morgan fingerprint density at radius 1 is 1.10 bits per heavy atom.